The number of alkyl halides is 3. The molecule has 2 aromatic heterocycles. The van der Waals surface area contributed by atoms with Crippen molar-refractivity contribution in [2.75, 3.05) is 5.75 Å². The van der Waals surface area contributed by atoms with Gasteiger partial charge in [0.1, 0.15) is 11.4 Å². The molecule has 0 fully saturated rings. The molecule has 10 heteroatoms. The molecule has 0 radical (unpaired) electrons. The number of benzene rings is 2. The molecule has 1 N–H and O–H groups in total. The summed E-state index contributed by atoms with van der Waals surface area (Å²) >= 11 is 1.21. The minimum Gasteiger partial charge on any atom is -0.351 e. The van der Waals surface area contributed by atoms with E-state index >= 15 is 0 Å². The van der Waals surface area contributed by atoms with Crippen molar-refractivity contribution in [3.05, 3.63) is 77.7 Å². The van der Waals surface area contributed by atoms with E-state index in [2.05, 4.69) is 25.3 Å². The number of carbonyl (C=O) groups is 1. The Balaban J connectivity index is 1.38. The van der Waals surface area contributed by atoms with E-state index in [4.69, 9.17) is 0 Å². The van der Waals surface area contributed by atoms with Crippen molar-refractivity contribution in [3.8, 4) is 11.4 Å². The first kappa shape index (κ1) is 22.7. The molecule has 2 heterocycles. The first-order valence-corrected chi connectivity index (χ1v) is 10.9. The molecule has 0 spiro atoms. The predicted octanol–water partition coefficient (Wildman–Crippen LogP) is 4.82. The Kier molecular flexibility index (Phi) is 6.55. The third kappa shape index (κ3) is 5.64. The van der Waals surface area contributed by atoms with Crippen LogP contribution < -0.4 is 5.32 Å². The average Bonchev–Trinajstić information content (AvgIpc) is 2.81. The zero-order valence-electron chi connectivity index (χ0n) is 17.4. The number of hydrogen-bond acceptors (Lipinski definition) is 6. The number of halogens is 3. The van der Waals surface area contributed by atoms with Crippen LogP contribution in [-0.4, -0.2) is 31.6 Å². The average molecular weight is 469 g/mol. The lowest BCUT2D eigenvalue weighted by Crippen LogP contribution is -2.24. The molecule has 0 saturated carbocycles. The lowest BCUT2D eigenvalue weighted by atomic mass is 10.1. The van der Waals surface area contributed by atoms with Crippen LogP contribution in [0.5, 0.6) is 0 Å². The highest BCUT2D eigenvalue weighted by Gasteiger charge is 2.29. The number of aryl methyl sites for hydroxylation is 1. The van der Waals surface area contributed by atoms with Crippen LogP contribution in [0.3, 0.4) is 0 Å². The van der Waals surface area contributed by atoms with Crippen molar-refractivity contribution in [1.82, 2.24) is 25.3 Å². The maximum absolute atomic E-state index is 12.6. The number of hydrogen-bond donors (Lipinski definition) is 1. The first-order valence-electron chi connectivity index (χ1n) is 9.90. The van der Waals surface area contributed by atoms with Gasteiger partial charge in [0, 0.05) is 18.3 Å². The molecule has 0 atom stereocenters. The molecule has 0 saturated heterocycles. The number of thioether (sulfide) groups is 1. The van der Waals surface area contributed by atoms with Gasteiger partial charge in [-0.2, -0.15) is 13.2 Å². The van der Waals surface area contributed by atoms with E-state index in [0.29, 0.717) is 27.4 Å². The molecule has 0 unspecified atom stereocenters. The summed E-state index contributed by atoms with van der Waals surface area (Å²) in [6.45, 7) is 2.13. The van der Waals surface area contributed by atoms with Gasteiger partial charge in [0.05, 0.1) is 16.7 Å². The van der Waals surface area contributed by atoms with Gasteiger partial charge >= 0.3 is 6.18 Å². The molecule has 0 aliphatic carbocycles. The Labute approximate surface area is 191 Å². The van der Waals surface area contributed by atoms with E-state index in [0.717, 1.165) is 23.3 Å². The number of nitrogens with zero attached hydrogens (tertiary/aromatic N) is 4. The topological polar surface area (TPSA) is 80.7 Å². The van der Waals surface area contributed by atoms with E-state index < -0.39 is 11.7 Å². The number of rotatable bonds is 6. The van der Waals surface area contributed by atoms with Crippen LogP contribution in [-0.2, 0) is 17.5 Å². The summed E-state index contributed by atoms with van der Waals surface area (Å²) in [4.78, 5) is 29.6. The predicted molar refractivity (Wildman–Crippen MR) is 119 cm³/mol. The highest BCUT2D eigenvalue weighted by molar-refractivity contribution is 8.00. The highest BCUT2D eigenvalue weighted by atomic mass is 32.2. The van der Waals surface area contributed by atoms with Gasteiger partial charge in [-0.25, -0.2) is 19.9 Å². The maximum atomic E-state index is 12.6. The fourth-order valence-electron chi connectivity index (χ4n) is 2.98. The molecule has 0 bridgehead atoms. The standard InChI is InChI=1S/C23H18F3N5OS/c1-14-2-6-16(7-3-14)20-28-11-18-21(31-20)29-13-30-22(18)33-12-19(32)27-10-15-4-8-17(9-5-15)23(24,25)26/h2-9,11,13H,10,12H2,1H3,(H,27,32). The number of nitrogens with one attached hydrogen (secondary N) is 1. The van der Waals surface area contributed by atoms with Crippen LogP contribution >= 0.6 is 11.8 Å². The molecule has 4 rings (SSSR count). The Morgan fingerprint density at radius 1 is 1.00 bits per heavy atom. The quantitative estimate of drug-likeness (QED) is 0.322. The molecule has 168 valence electrons. The number of amides is 1. The lowest BCUT2D eigenvalue weighted by molar-refractivity contribution is -0.137. The third-order valence-corrected chi connectivity index (χ3v) is 5.78. The molecule has 0 aliphatic heterocycles. The van der Waals surface area contributed by atoms with Crippen LogP contribution in [0.25, 0.3) is 22.4 Å². The fourth-order valence-corrected chi connectivity index (χ4v) is 3.77. The molecular weight excluding hydrogens is 451 g/mol. The van der Waals surface area contributed by atoms with Gasteiger partial charge in [-0.1, -0.05) is 53.7 Å². The molecule has 1 amide bonds. The summed E-state index contributed by atoms with van der Waals surface area (Å²) in [7, 11) is 0. The Morgan fingerprint density at radius 2 is 1.73 bits per heavy atom. The van der Waals surface area contributed by atoms with Crippen LogP contribution in [0.15, 0.2) is 66.1 Å². The maximum Gasteiger partial charge on any atom is 0.416 e. The number of carbonyl (C=O) groups excluding carboxylic acids is 1. The summed E-state index contributed by atoms with van der Waals surface area (Å²) in [6, 6.07) is 12.5. The van der Waals surface area contributed by atoms with Crippen molar-refractivity contribution < 1.29 is 18.0 Å². The Morgan fingerprint density at radius 3 is 2.42 bits per heavy atom. The van der Waals surface area contributed by atoms with Crippen molar-refractivity contribution in [2.45, 2.75) is 24.7 Å². The molecule has 33 heavy (non-hydrogen) atoms. The van der Waals surface area contributed by atoms with Gasteiger partial charge in [0.15, 0.2) is 11.5 Å². The van der Waals surface area contributed by atoms with Crippen molar-refractivity contribution in [3.63, 3.8) is 0 Å². The lowest BCUT2D eigenvalue weighted by Gasteiger charge is -2.09. The van der Waals surface area contributed by atoms with Gasteiger partial charge in [-0.15, -0.1) is 0 Å². The van der Waals surface area contributed by atoms with Gasteiger partial charge in [-0.05, 0) is 24.6 Å². The van der Waals surface area contributed by atoms with Crippen molar-refractivity contribution in [2.24, 2.45) is 0 Å². The van der Waals surface area contributed by atoms with Gasteiger partial charge < -0.3 is 5.32 Å². The van der Waals surface area contributed by atoms with E-state index in [1.807, 2.05) is 31.2 Å². The second-order valence-electron chi connectivity index (χ2n) is 7.24. The molecular formula is C23H18F3N5OS. The minimum atomic E-state index is -4.39. The van der Waals surface area contributed by atoms with Gasteiger partial charge in [0.25, 0.3) is 0 Å². The minimum absolute atomic E-state index is 0.0759. The van der Waals surface area contributed by atoms with E-state index in [-0.39, 0.29) is 18.2 Å². The van der Waals surface area contributed by atoms with E-state index in [9.17, 15) is 18.0 Å². The summed E-state index contributed by atoms with van der Waals surface area (Å²) in [5.41, 5.74) is 2.33. The first-order chi connectivity index (χ1) is 15.8. The smallest absolute Gasteiger partial charge is 0.351 e. The second-order valence-corrected chi connectivity index (χ2v) is 8.20. The molecule has 0 aliphatic rings. The van der Waals surface area contributed by atoms with Crippen molar-refractivity contribution in [1.29, 1.82) is 0 Å². The molecule has 6 nitrogen and oxygen atoms in total. The van der Waals surface area contributed by atoms with E-state index in [1.54, 1.807) is 6.20 Å². The molecule has 2 aromatic carbocycles. The molecule has 4 aromatic rings. The van der Waals surface area contributed by atoms with Crippen molar-refractivity contribution >= 4 is 28.7 Å². The van der Waals surface area contributed by atoms with Crippen LogP contribution in [0.1, 0.15) is 16.7 Å². The van der Waals surface area contributed by atoms with Gasteiger partial charge in [0.2, 0.25) is 5.91 Å². The summed E-state index contributed by atoms with van der Waals surface area (Å²) < 4.78 is 37.9. The Hall–Kier alpha value is -3.53. The third-order valence-electron chi connectivity index (χ3n) is 4.77. The normalized spacial score (nSPS) is 11.5. The summed E-state index contributed by atoms with van der Waals surface area (Å²) in [6.07, 6.45) is -1.36. The summed E-state index contributed by atoms with van der Waals surface area (Å²) in [5, 5.41) is 3.90. The van der Waals surface area contributed by atoms with Crippen LogP contribution in [0.2, 0.25) is 0 Å². The number of aromatic nitrogens is 4. The van der Waals surface area contributed by atoms with Crippen LogP contribution in [0.4, 0.5) is 13.2 Å². The summed E-state index contributed by atoms with van der Waals surface area (Å²) in [5.74, 6) is 0.349. The van der Waals surface area contributed by atoms with Crippen LogP contribution in [0, 0.1) is 6.92 Å². The highest BCUT2D eigenvalue weighted by Crippen LogP contribution is 2.29. The fraction of sp³-hybridized carbons (Fsp3) is 0.174. The van der Waals surface area contributed by atoms with E-state index in [1.165, 1.54) is 30.2 Å². The SMILES string of the molecule is Cc1ccc(-c2ncc3c(SCC(=O)NCc4ccc(C(F)(F)F)cc4)ncnc3n2)cc1. The second kappa shape index (κ2) is 9.53. The zero-order valence-corrected chi connectivity index (χ0v) is 18.2. The number of fused-ring (bicyclic) bond motifs is 1. The largest absolute Gasteiger partial charge is 0.416 e. The van der Waals surface area contributed by atoms with Gasteiger partial charge in [-0.3, -0.25) is 4.79 Å². The Bertz CT molecular complexity index is 1280. The zero-order chi connectivity index (χ0) is 23.4. The monoisotopic (exact) mass is 469 g/mol.